The molecule has 3 heterocycles. The normalized spacial score (nSPS) is 36.0. The summed E-state index contributed by atoms with van der Waals surface area (Å²) in [5.41, 5.74) is -1.42. The summed E-state index contributed by atoms with van der Waals surface area (Å²) < 4.78 is 5.77. The second-order valence-corrected chi connectivity index (χ2v) is 6.89. The maximum Gasteiger partial charge on any atom is 0.342 e. The van der Waals surface area contributed by atoms with Gasteiger partial charge in [0.2, 0.25) is 0 Å². The quantitative estimate of drug-likeness (QED) is 0.637. The molecule has 4 rings (SSSR count). The first-order valence-corrected chi connectivity index (χ1v) is 8.43. The van der Waals surface area contributed by atoms with Crippen molar-refractivity contribution < 1.29 is 14.6 Å². The smallest absolute Gasteiger partial charge is 0.342 e. The highest BCUT2D eigenvalue weighted by Crippen LogP contribution is 2.37. The van der Waals surface area contributed by atoms with Crippen molar-refractivity contribution in [2.75, 3.05) is 19.6 Å². The Morgan fingerprint density at radius 3 is 2.43 bits per heavy atom. The van der Waals surface area contributed by atoms with E-state index in [1.165, 1.54) is 0 Å². The van der Waals surface area contributed by atoms with Crippen LogP contribution in [0, 0.1) is 11.8 Å². The molecule has 118 valence electrons. The zero-order chi connectivity index (χ0) is 14.9. The average molecular weight is 293 g/mol. The van der Waals surface area contributed by atoms with E-state index < -0.39 is 11.6 Å². The molecule has 4 fully saturated rings. The Kier molecular flexibility index (Phi) is 4.36. The van der Waals surface area contributed by atoms with Gasteiger partial charge in [-0.15, -0.1) is 0 Å². The highest BCUT2D eigenvalue weighted by atomic mass is 16.6. The van der Waals surface area contributed by atoms with Gasteiger partial charge in [0.15, 0.2) is 5.60 Å². The third-order valence-electron chi connectivity index (χ3n) is 5.58. The molecule has 4 heteroatoms. The van der Waals surface area contributed by atoms with E-state index in [1.54, 1.807) is 12.2 Å². The Morgan fingerprint density at radius 2 is 1.90 bits per heavy atom. The van der Waals surface area contributed by atoms with Crippen LogP contribution < -0.4 is 0 Å². The number of rotatable bonds is 4. The molecule has 1 saturated carbocycles. The summed E-state index contributed by atoms with van der Waals surface area (Å²) >= 11 is 0. The maximum atomic E-state index is 12.6. The van der Waals surface area contributed by atoms with Gasteiger partial charge in [-0.05, 0) is 57.7 Å². The first-order valence-electron chi connectivity index (χ1n) is 8.43. The Morgan fingerprint density at radius 1 is 1.24 bits per heavy atom. The van der Waals surface area contributed by atoms with E-state index in [0.717, 1.165) is 58.2 Å². The number of fused-ring (bicyclic) bond motifs is 3. The van der Waals surface area contributed by atoms with Crippen LogP contribution in [-0.4, -0.2) is 47.3 Å². The highest BCUT2D eigenvalue weighted by molar-refractivity contribution is 5.82. The van der Waals surface area contributed by atoms with E-state index in [0.29, 0.717) is 5.92 Å². The van der Waals surface area contributed by atoms with Gasteiger partial charge in [0.05, 0.1) is 0 Å². The van der Waals surface area contributed by atoms with E-state index >= 15 is 0 Å². The predicted octanol–water partition coefficient (Wildman–Crippen LogP) is 2.12. The summed E-state index contributed by atoms with van der Waals surface area (Å²) in [4.78, 5) is 15.0. The summed E-state index contributed by atoms with van der Waals surface area (Å²) in [7, 11) is 0. The van der Waals surface area contributed by atoms with Crippen molar-refractivity contribution in [1.82, 2.24) is 4.90 Å². The van der Waals surface area contributed by atoms with Crippen molar-refractivity contribution >= 4 is 5.97 Å². The molecule has 0 aromatic carbocycles. The number of allylic oxidation sites excluding steroid dienone is 1. The van der Waals surface area contributed by atoms with Crippen LogP contribution in [0.4, 0.5) is 0 Å². The molecule has 21 heavy (non-hydrogen) atoms. The molecule has 2 bridgehead atoms. The lowest BCUT2D eigenvalue weighted by atomic mass is 9.84. The minimum atomic E-state index is -1.42. The molecule has 1 aliphatic carbocycles. The summed E-state index contributed by atoms with van der Waals surface area (Å²) in [5.74, 6) is 0.0749. The fourth-order valence-corrected chi connectivity index (χ4v) is 4.27. The third kappa shape index (κ3) is 2.88. The van der Waals surface area contributed by atoms with E-state index in [2.05, 4.69) is 4.90 Å². The van der Waals surface area contributed by atoms with E-state index in [1.807, 2.05) is 6.92 Å². The predicted molar refractivity (Wildman–Crippen MR) is 80.8 cm³/mol. The molecule has 3 aliphatic heterocycles. The van der Waals surface area contributed by atoms with E-state index in [4.69, 9.17) is 4.74 Å². The summed E-state index contributed by atoms with van der Waals surface area (Å²) in [5, 5.41) is 10.9. The van der Waals surface area contributed by atoms with Crippen molar-refractivity contribution in [3.63, 3.8) is 0 Å². The lowest BCUT2D eigenvalue weighted by Gasteiger charge is -2.44. The number of aliphatic hydroxyl groups is 1. The van der Waals surface area contributed by atoms with Crippen LogP contribution in [0.5, 0.6) is 0 Å². The number of ether oxygens (including phenoxy) is 1. The topological polar surface area (TPSA) is 49.8 Å². The Labute approximate surface area is 127 Å². The Hall–Kier alpha value is -0.870. The molecule has 0 aromatic rings. The van der Waals surface area contributed by atoms with Gasteiger partial charge in [-0.1, -0.05) is 18.9 Å². The molecule has 0 amide bonds. The molecular weight excluding hydrogens is 266 g/mol. The molecule has 4 nitrogen and oxygen atoms in total. The number of carbonyl (C=O) groups is 1. The van der Waals surface area contributed by atoms with Gasteiger partial charge in [-0.3, -0.25) is 4.90 Å². The van der Waals surface area contributed by atoms with Gasteiger partial charge < -0.3 is 9.84 Å². The molecule has 3 saturated heterocycles. The standard InChI is InChI=1S/C17H27NO3/c1-2-9-17(20,14-5-3-4-6-14)16(19)21-15-12-18-10-7-13(15)8-11-18/h2,9,13-15,20H,3-8,10-12H2,1H3/b9-2+. The van der Waals surface area contributed by atoms with Gasteiger partial charge in [0, 0.05) is 12.5 Å². The second-order valence-electron chi connectivity index (χ2n) is 6.89. The number of hydrogen-bond donors (Lipinski definition) is 1. The van der Waals surface area contributed by atoms with Crippen molar-refractivity contribution in [3.05, 3.63) is 12.2 Å². The second kappa shape index (κ2) is 6.09. The SMILES string of the molecule is C/C=C/C(O)(C(=O)OC1CN2CCC1CC2)C1CCCC1. The lowest BCUT2D eigenvalue weighted by molar-refractivity contribution is -0.180. The summed E-state index contributed by atoms with van der Waals surface area (Å²) in [6, 6.07) is 0. The molecule has 2 atom stereocenters. The van der Waals surface area contributed by atoms with Crippen LogP contribution in [0.2, 0.25) is 0 Å². The highest BCUT2D eigenvalue weighted by Gasteiger charge is 2.46. The molecule has 0 aromatic heterocycles. The molecular formula is C17H27NO3. The minimum absolute atomic E-state index is 0.0160. The number of piperidine rings is 3. The zero-order valence-corrected chi connectivity index (χ0v) is 13.0. The first kappa shape index (κ1) is 15.0. The van der Waals surface area contributed by atoms with E-state index in [-0.39, 0.29) is 12.0 Å². The lowest BCUT2D eigenvalue weighted by Crippen LogP contribution is -2.54. The molecule has 4 aliphatic rings. The van der Waals surface area contributed by atoms with Crippen molar-refractivity contribution in [1.29, 1.82) is 0 Å². The minimum Gasteiger partial charge on any atom is -0.458 e. The van der Waals surface area contributed by atoms with Crippen molar-refractivity contribution in [3.8, 4) is 0 Å². The summed E-state index contributed by atoms with van der Waals surface area (Å²) in [6.07, 6.45) is 9.63. The van der Waals surface area contributed by atoms with Crippen molar-refractivity contribution in [2.45, 2.75) is 57.2 Å². The monoisotopic (exact) mass is 293 g/mol. The number of carbonyl (C=O) groups excluding carboxylic acids is 1. The number of hydrogen-bond acceptors (Lipinski definition) is 4. The zero-order valence-electron chi connectivity index (χ0n) is 13.0. The Balaban J connectivity index is 1.69. The van der Waals surface area contributed by atoms with Crippen LogP contribution in [-0.2, 0) is 9.53 Å². The number of esters is 1. The molecule has 0 radical (unpaired) electrons. The van der Waals surface area contributed by atoms with Crippen LogP contribution in [0.25, 0.3) is 0 Å². The van der Waals surface area contributed by atoms with Gasteiger partial charge >= 0.3 is 5.97 Å². The average Bonchev–Trinajstić information content (AvgIpc) is 3.03. The van der Waals surface area contributed by atoms with Gasteiger partial charge in [0.1, 0.15) is 6.10 Å². The van der Waals surface area contributed by atoms with Gasteiger partial charge in [-0.25, -0.2) is 4.79 Å². The number of nitrogens with zero attached hydrogens (tertiary/aromatic N) is 1. The largest absolute Gasteiger partial charge is 0.458 e. The molecule has 0 spiro atoms. The fraction of sp³-hybridized carbons (Fsp3) is 0.824. The Bertz CT molecular complexity index is 408. The van der Waals surface area contributed by atoms with Gasteiger partial charge in [-0.2, -0.15) is 0 Å². The van der Waals surface area contributed by atoms with Gasteiger partial charge in [0.25, 0.3) is 0 Å². The van der Waals surface area contributed by atoms with Crippen LogP contribution >= 0.6 is 0 Å². The molecule has 2 unspecified atom stereocenters. The third-order valence-corrected chi connectivity index (χ3v) is 5.58. The van der Waals surface area contributed by atoms with Crippen molar-refractivity contribution in [2.24, 2.45) is 11.8 Å². The van der Waals surface area contributed by atoms with Crippen LogP contribution in [0.1, 0.15) is 45.4 Å². The van der Waals surface area contributed by atoms with Crippen LogP contribution in [0.3, 0.4) is 0 Å². The van der Waals surface area contributed by atoms with Crippen LogP contribution in [0.15, 0.2) is 12.2 Å². The fourth-order valence-electron chi connectivity index (χ4n) is 4.27. The maximum absolute atomic E-state index is 12.6. The molecule has 1 N–H and O–H groups in total. The first-order chi connectivity index (χ1) is 10.1. The van der Waals surface area contributed by atoms with E-state index in [9.17, 15) is 9.90 Å². The summed E-state index contributed by atoms with van der Waals surface area (Å²) in [6.45, 7) is 4.94.